The number of nitrogens with zero attached hydrogens (tertiary/aromatic N) is 1. The van der Waals surface area contributed by atoms with E-state index in [1.807, 2.05) is 13.0 Å². The second kappa shape index (κ2) is 13.0. The summed E-state index contributed by atoms with van der Waals surface area (Å²) in [6.45, 7) is 6.56. The average Bonchev–Trinajstić information content (AvgIpc) is 2.69. The number of aliphatic imine (C=N–C) groups is 1. The Morgan fingerprint density at radius 1 is 1.04 bits per heavy atom. The van der Waals surface area contributed by atoms with Crippen molar-refractivity contribution < 1.29 is 9.53 Å². The highest BCUT2D eigenvalue weighted by Gasteiger charge is 2.05. The van der Waals surface area contributed by atoms with Crippen LogP contribution in [0.1, 0.15) is 28.4 Å². The molecule has 0 saturated heterocycles. The maximum absolute atomic E-state index is 12.1. The molecule has 1 amide bonds. The molecule has 0 fully saturated rings. The van der Waals surface area contributed by atoms with Crippen molar-refractivity contribution >= 4 is 35.8 Å². The minimum Gasteiger partial charge on any atom is -0.497 e. The highest BCUT2D eigenvalue weighted by molar-refractivity contribution is 14.0. The van der Waals surface area contributed by atoms with Crippen LogP contribution in [-0.2, 0) is 6.54 Å². The molecule has 0 atom stereocenters. The number of benzene rings is 2. The van der Waals surface area contributed by atoms with Crippen molar-refractivity contribution in [1.29, 1.82) is 0 Å². The van der Waals surface area contributed by atoms with Gasteiger partial charge >= 0.3 is 0 Å². The van der Waals surface area contributed by atoms with Gasteiger partial charge in [0.05, 0.1) is 13.7 Å². The van der Waals surface area contributed by atoms with Gasteiger partial charge in [0.1, 0.15) is 5.75 Å². The molecule has 2 aromatic carbocycles. The van der Waals surface area contributed by atoms with Crippen LogP contribution in [0.25, 0.3) is 0 Å². The molecule has 28 heavy (non-hydrogen) atoms. The Morgan fingerprint density at radius 3 is 2.39 bits per heavy atom. The Labute approximate surface area is 184 Å². The fourth-order valence-electron chi connectivity index (χ4n) is 2.52. The van der Waals surface area contributed by atoms with E-state index in [-0.39, 0.29) is 29.9 Å². The number of rotatable bonds is 8. The minimum atomic E-state index is -0.110. The van der Waals surface area contributed by atoms with E-state index in [2.05, 4.69) is 46.1 Å². The van der Waals surface area contributed by atoms with E-state index in [1.54, 1.807) is 31.4 Å². The highest BCUT2D eigenvalue weighted by atomic mass is 127. The molecule has 0 spiro atoms. The first-order chi connectivity index (χ1) is 13.1. The van der Waals surface area contributed by atoms with Gasteiger partial charge in [0.25, 0.3) is 5.91 Å². The SMILES string of the molecule is CCNC(=NCc1cccc(C)c1)NCCNC(=O)c1ccc(OC)cc1.I. The van der Waals surface area contributed by atoms with E-state index in [0.29, 0.717) is 25.2 Å². The van der Waals surface area contributed by atoms with Crippen molar-refractivity contribution in [2.45, 2.75) is 20.4 Å². The summed E-state index contributed by atoms with van der Waals surface area (Å²) in [6, 6.07) is 15.3. The monoisotopic (exact) mass is 496 g/mol. The standard InChI is InChI=1S/C21H28N4O2.HI/c1-4-22-21(25-15-17-7-5-6-16(2)14-17)24-13-12-23-20(26)18-8-10-19(27-3)11-9-18;/h5-11,14H,4,12-13,15H2,1-3H3,(H,23,26)(H2,22,24,25);1H. The number of amides is 1. The number of aryl methyl sites for hydroxylation is 1. The number of carbonyl (C=O) groups excluding carboxylic acids is 1. The van der Waals surface area contributed by atoms with Gasteiger partial charge in [-0.3, -0.25) is 4.79 Å². The molecule has 0 aliphatic heterocycles. The Hall–Kier alpha value is -2.29. The van der Waals surface area contributed by atoms with Crippen LogP contribution in [0.2, 0.25) is 0 Å². The third kappa shape index (κ3) is 8.16. The molecule has 0 bridgehead atoms. The van der Waals surface area contributed by atoms with Crippen LogP contribution in [-0.4, -0.2) is 38.6 Å². The second-order valence-electron chi connectivity index (χ2n) is 6.10. The lowest BCUT2D eigenvalue weighted by Gasteiger charge is -2.12. The zero-order valence-electron chi connectivity index (χ0n) is 16.6. The lowest BCUT2D eigenvalue weighted by molar-refractivity contribution is 0.0954. The predicted octanol–water partition coefficient (Wildman–Crippen LogP) is 3.11. The molecule has 0 aliphatic rings. The van der Waals surface area contributed by atoms with Crippen LogP contribution >= 0.6 is 24.0 Å². The predicted molar refractivity (Wildman–Crippen MR) is 125 cm³/mol. The van der Waals surface area contributed by atoms with Gasteiger partial charge in [-0.05, 0) is 43.7 Å². The van der Waals surface area contributed by atoms with Crippen LogP contribution < -0.4 is 20.7 Å². The molecular formula is C21H29IN4O2. The molecule has 2 rings (SSSR count). The maximum Gasteiger partial charge on any atom is 0.251 e. The molecule has 0 heterocycles. The number of methoxy groups -OCH3 is 1. The van der Waals surface area contributed by atoms with E-state index in [9.17, 15) is 4.79 Å². The largest absolute Gasteiger partial charge is 0.497 e. The zero-order valence-corrected chi connectivity index (χ0v) is 18.9. The molecule has 3 N–H and O–H groups in total. The van der Waals surface area contributed by atoms with Gasteiger partial charge in [-0.1, -0.05) is 29.8 Å². The first kappa shape index (κ1) is 23.7. The number of carbonyl (C=O) groups is 1. The lowest BCUT2D eigenvalue weighted by Crippen LogP contribution is -2.41. The summed E-state index contributed by atoms with van der Waals surface area (Å²) in [6.07, 6.45) is 0. The van der Waals surface area contributed by atoms with E-state index < -0.39 is 0 Å². The fraction of sp³-hybridized carbons (Fsp3) is 0.333. The van der Waals surface area contributed by atoms with E-state index in [1.165, 1.54) is 11.1 Å². The van der Waals surface area contributed by atoms with Gasteiger partial charge in [0.2, 0.25) is 0 Å². The summed E-state index contributed by atoms with van der Waals surface area (Å²) in [5.41, 5.74) is 3.00. The number of hydrogen-bond donors (Lipinski definition) is 3. The number of nitrogens with one attached hydrogen (secondary N) is 3. The molecule has 7 heteroatoms. The Bertz CT molecular complexity index is 763. The van der Waals surface area contributed by atoms with Crippen LogP contribution in [0.15, 0.2) is 53.5 Å². The van der Waals surface area contributed by atoms with Gasteiger partial charge in [-0.15, -0.1) is 24.0 Å². The number of halogens is 1. The van der Waals surface area contributed by atoms with Gasteiger partial charge in [-0.2, -0.15) is 0 Å². The Kier molecular flexibility index (Phi) is 11.0. The number of ether oxygens (including phenoxy) is 1. The zero-order chi connectivity index (χ0) is 19.5. The smallest absolute Gasteiger partial charge is 0.251 e. The normalized spacial score (nSPS) is 10.6. The van der Waals surface area contributed by atoms with Crippen molar-refractivity contribution in [1.82, 2.24) is 16.0 Å². The number of guanidine groups is 1. The summed E-state index contributed by atoms with van der Waals surface area (Å²) in [4.78, 5) is 16.7. The maximum atomic E-state index is 12.1. The quantitative estimate of drug-likeness (QED) is 0.227. The number of hydrogen-bond acceptors (Lipinski definition) is 3. The second-order valence-corrected chi connectivity index (χ2v) is 6.10. The van der Waals surface area contributed by atoms with Gasteiger partial charge in [0.15, 0.2) is 5.96 Å². The van der Waals surface area contributed by atoms with Crippen molar-refractivity contribution in [3.05, 3.63) is 65.2 Å². The van der Waals surface area contributed by atoms with E-state index >= 15 is 0 Å². The van der Waals surface area contributed by atoms with Crippen molar-refractivity contribution in [2.24, 2.45) is 4.99 Å². The average molecular weight is 496 g/mol. The molecule has 0 unspecified atom stereocenters. The topological polar surface area (TPSA) is 74.8 Å². The van der Waals surface area contributed by atoms with Crippen LogP contribution in [0.3, 0.4) is 0 Å². The van der Waals surface area contributed by atoms with Crippen molar-refractivity contribution in [3.8, 4) is 5.75 Å². The molecule has 0 aromatic heterocycles. The fourth-order valence-corrected chi connectivity index (χ4v) is 2.52. The molecule has 0 radical (unpaired) electrons. The summed E-state index contributed by atoms with van der Waals surface area (Å²) in [7, 11) is 1.60. The summed E-state index contributed by atoms with van der Waals surface area (Å²) >= 11 is 0. The highest BCUT2D eigenvalue weighted by Crippen LogP contribution is 2.10. The molecule has 0 saturated carbocycles. The third-order valence-electron chi connectivity index (χ3n) is 3.90. The molecule has 152 valence electrons. The van der Waals surface area contributed by atoms with E-state index in [0.717, 1.165) is 18.3 Å². The van der Waals surface area contributed by atoms with Crippen LogP contribution in [0.5, 0.6) is 5.75 Å². The lowest BCUT2D eigenvalue weighted by atomic mass is 10.1. The summed E-state index contributed by atoms with van der Waals surface area (Å²) < 4.78 is 5.10. The van der Waals surface area contributed by atoms with Gasteiger partial charge in [-0.25, -0.2) is 4.99 Å². The minimum absolute atomic E-state index is 0. The first-order valence-electron chi connectivity index (χ1n) is 9.12. The van der Waals surface area contributed by atoms with E-state index in [4.69, 9.17) is 4.74 Å². The Morgan fingerprint density at radius 2 is 1.75 bits per heavy atom. The summed E-state index contributed by atoms with van der Waals surface area (Å²) in [5.74, 6) is 1.35. The van der Waals surface area contributed by atoms with Crippen LogP contribution in [0.4, 0.5) is 0 Å². The first-order valence-corrected chi connectivity index (χ1v) is 9.12. The summed E-state index contributed by atoms with van der Waals surface area (Å²) in [5, 5.41) is 9.34. The van der Waals surface area contributed by atoms with Gasteiger partial charge in [0, 0.05) is 25.2 Å². The van der Waals surface area contributed by atoms with Crippen molar-refractivity contribution in [2.75, 3.05) is 26.7 Å². The van der Waals surface area contributed by atoms with Crippen LogP contribution in [0, 0.1) is 6.92 Å². The molecular weight excluding hydrogens is 467 g/mol. The Balaban J connectivity index is 0.00000392. The van der Waals surface area contributed by atoms with Gasteiger partial charge < -0.3 is 20.7 Å². The molecule has 6 nitrogen and oxygen atoms in total. The molecule has 2 aromatic rings. The third-order valence-corrected chi connectivity index (χ3v) is 3.90. The van der Waals surface area contributed by atoms with Crippen molar-refractivity contribution in [3.63, 3.8) is 0 Å². The molecule has 0 aliphatic carbocycles.